The number of hydrogen-bond donors (Lipinski definition) is 2. The second-order valence-electron chi connectivity index (χ2n) is 8.89. The maximum Gasteiger partial charge on any atom is 0.470 e. The standard InChI is InChI=1S/C22H24FN6O6P/c1-2-9-29-26-20(25-27-29)19-6-3-14(12-24-19)17-5-4-15(10-18(17)23)28-13-16(34-21(28)30)11-22(7-8-22)35-36(31,32)33/h3-6,10,12,16H,2,7-9,11,13H2,1H3,(H2,31,32,33)/t16-/m0/s1. The molecule has 2 N–H and O–H groups in total. The Morgan fingerprint density at radius 2 is 2.08 bits per heavy atom. The van der Waals surface area contributed by atoms with E-state index in [-0.39, 0.29) is 13.0 Å². The highest BCUT2D eigenvalue weighted by Crippen LogP contribution is 2.55. The smallest absolute Gasteiger partial charge is 0.444 e. The third-order valence-corrected chi connectivity index (χ3v) is 6.66. The summed E-state index contributed by atoms with van der Waals surface area (Å²) >= 11 is 0. The number of carbonyl (C=O) groups excluding carboxylic acids is 1. The molecule has 0 unspecified atom stereocenters. The second kappa shape index (κ2) is 9.32. The zero-order chi connectivity index (χ0) is 25.5. The predicted octanol–water partition coefficient (Wildman–Crippen LogP) is 3.31. The quantitative estimate of drug-likeness (QED) is 0.404. The van der Waals surface area contributed by atoms with Crippen molar-refractivity contribution in [3.05, 3.63) is 42.3 Å². The van der Waals surface area contributed by atoms with Gasteiger partial charge in [0, 0.05) is 23.7 Å². The molecule has 1 aromatic carbocycles. The molecule has 12 nitrogen and oxygen atoms in total. The van der Waals surface area contributed by atoms with Crippen molar-refractivity contribution in [3.8, 4) is 22.6 Å². The number of amides is 1. The SMILES string of the molecule is CCCn1nnc(-c2ccc(-c3ccc(N4C[C@H](CC5(OP(=O)(O)O)CC5)OC4=O)cc3F)cn2)n1. The summed E-state index contributed by atoms with van der Waals surface area (Å²) in [5.41, 5.74) is 0.673. The molecule has 1 atom stereocenters. The molecule has 0 spiro atoms. The van der Waals surface area contributed by atoms with E-state index in [2.05, 4.69) is 20.4 Å². The van der Waals surface area contributed by atoms with Crippen LogP contribution < -0.4 is 4.90 Å². The molecule has 0 radical (unpaired) electrons. The molecule has 2 fully saturated rings. The van der Waals surface area contributed by atoms with Crippen molar-refractivity contribution in [2.24, 2.45) is 0 Å². The Hall–Kier alpha value is -3.25. The number of halogens is 1. The van der Waals surface area contributed by atoms with Crippen LogP contribution in [0.15, 0.2) is 36.5 Å². The van der Waals surface area contributed by atoms with E-state index in [4.69, 9.17) is 19.0 Å². The average molecular weight is 518 g/mol. The summed E-state index contributed by atoms with van der Waals surface area (Å²) in [6.45, 7) is 2.77. The minimum absolute atomic E-state index is 0.117. The molecule has 2 aromatic heterocycles. The first-order chi connectivity index (χ1) is 17.1. The number of aromatic nitrogens is 5. The van der Waals surface area contributed by atoms with Crippen molar-refractivity contribution < 1.29 is 32.8 Å². The molecular weight excluding hydrogens is 494 g/mol. The molecule has 190 valence electrons. The first kappa shape index (κ1) is 24.4. The van der Waals surface area contributed by atoms with E-state index in [0.29, 0.717) is 47.7 Å². The van der Waals surface area contributed by atoms with Crippen LogP contribution in [-0.2, 0) is 20.4 Å². The van der Waals surface area contributed by atoms with E-state index in [9.17, 15) is 9.36 Å². The van der Waals surface area contributed by atoms with E-state index in [1.54, 1.807) is 24.3 Å². The fraction of sp³-hybridized carbons (Fsp3) is 0.409. The maximum absolute atomic E-state index is 15.0. The summed E-state index contributed by atoms with van der Waals surface area (Å²) in [5.74, 6) is -0.166. The molecule has 36 heavy (non-hydrogen) atoms. The van der Waals surface area contributed by atoms with Crippen LogP contribution in [0.25, 0.3) is 22.6 Å². The Morgan fingerprint density at radius 1 is 1.28 bits per heavy atom. The van der Waals surface area contributed by atoms with Crippen LogP contribution in [0.3, 0.4) is 0 Å². The fourth-order valence-corrected chi connectivity index (χ4v) is 4.97. The molecule has 14 heteroatoms. The number of phosphoric ester groups is 1. The highest BCUT2D eigenvalue weighted by atomic mass is 31.2. The highest BCUT2D eigenvalue weighted by Gasteiger charge is 2.52. The number of aryl methyl sites for hydroxylation is 1. The van der Waals surface area contributed by atoms with Crippen LogP contribution in [0, 0.1) is 5.82 Å². The van der Waals surface area contributed by atoms with Gasteiger partial charge in [0.05, 0.1) is 24.4 Å². The molecule has 3 heterocycles. The van der Waals surface area contributed by atoms with E-state index < -0.39 is 31.4 Å². The van der Waals surface area contributed by atoms with Gasteiger partial charge in [0.1, 0.15) is 17.6 Å². The van der Waals surface area contributed by atoms with Gasteiger partial charge in [-0.3, -0.25) is 14.4 Å². The van der Waals surface area contributed by atoms with Crippen LogP contribution in [0.2, 0.25) is 0 Å². The van der Waals surface area contributed by atoms with Gasteiger partial charge in [-0.15, -0.1) is 10.2 Å². The Labute approximate surface area is 205 Å². The van der Waals surface area contributed by atoms with Gasteiger partial charge in [-0.1, -0.05) is 13.0 Å². The van der Waals surface area contributed by atoms with Crippen molar-refractivity contribution in [1.82, 2.24) is 25.2 Å². The number of cyclic esters (lactones) is 1. The topological polar surface area (TPSA) is 153 Å². The van der Waals surface area contributed by atoms with Crippen molar-refractivity contribution in [3.63, 3.8) is 0 Å². The van der Waals surface area contributed by atoms with Crippen LogP contribution in [0.5, 0.6) is 0 Å². The average Bonchev–Trinajstić information content (AvgIpc) is 3.21. The Kier molecular flexibility index (Phi) is 6.33. The first-order valence-electron chi connectivity index (χ1n) is 11.4. The zero-order valence-corrected chi connectivity index (χ0v) is 20.2. The van der Waals surface area contributed by atoms with Crippen LogP contribution in [0.1, 0.15) is 32.6 Å². The van der Waals surface area contributed by atoms with Gasteiger partial charge in [-0.2, -0.15) is 4.80 Å². The molecule has 1 amide bonds. The zero-order valence-electron chi connectivity index (χ0n) is 19.3. The Balaban J connectivity index is 1.27. The number of benzene rings is 1. The lowest BCUT2D eigenvalue weighted by atomic mass is 10.1. The Morgan fingerprint density at radius 3 is 2.72 bits per heavy atom. The normalized spacial score (nSPS) is 18.9. The lowest BCUT2D eigenvalue weighted by molar-refractivity contribution is 0.0629. The van der Waals surface area contributed by atoms with E-state index in [1.165, 1.54) is 22.0 Å². The molecule has 2 aliphatic rings. The van der Waals surface area contributed by atoms with Gasteiger partial charge in [0.25, 0.3) is 0 Å². The van der Waals surface area contributed by atoms with Gasteiger partial charge in [-0.25, -0.2) is 13.8 Å². The number of nitrogens with zero attached hydrogens (tertiary/aromatic N) is 6. The van der Waals surface area contributed by atoms with Crippen molar-refractivity contribution in [2.45, 2.75) is 50.9 Å². The lowest BCUT2D eigenvalue weighted by Gasteiger charge is -2.19. The summed E-state index contributed by atoms with van der Waals surface area (Å²) in [5, 5.41) is 12.2. The molecule has 3 aromatic rings. The highest BCUT2D eigenvalue weighted by molar-refractivity contribution is 7.46. The number of pyridine rings is 1. The molecule has 1 saturated carbocycles. The monoisotopic (exact) mass is 518 g/mol. The number of tetrazole rings is 1. The number of ether oxygens (including phenoxy) is 1. The number of phosphoric acid groups is 1. The number of anilines is 1. The summed E-state index contributed by atoms with van der Waals surface area (Å²) in [6.07, 6.45) is 2.19. The van der Waals surface area contributed by atoms with Crippen LogP contribution >= 0.6 is 7.82 Å². The first-order valence-corrected chi connectivity index (χ1v) is 13.0. The minimum Gasteiger partial charge on any atom is -0.444 e. The third kappa shape index (κ3) is 5.29. The third-order valence-electron chi connectivity index (χ3n) is 6.04. The largest absolute Gasteiger partial charge is 0.470 e. The van der Waals surface area contributed by atoms with Gasteiger partial charge in [-0.05, 0) is 48.7 Å². The maximum atomic E-state index is 15.0. The van der Waals surface area contributed by atoms with Crippen molar-refractivity contribution in [2.75, 3.05) is 11.4 Å². The van der Waals surface area contributed by atoms with Crippen LogP contribution in [0.4, 0.5) is 14.9 Å². The number of carbonyl (C=O) groups is 1. The van der Waals surface area contributed by atoms with E-state index in [1.807, 2.05) is 6.92 Å². The molecule has 0 bridgehead atoms. The summed E-state index contributed by atoms with van der Waals surface area (Å²) in [4.78, 5) is 37.7. The molecular formula is C22H24FN6O6P. The molecule has 5 rings (SSSR count). The van der Waals surface area contributed by atoms with Gasteiger partial charge in [0.2, 0.25) is 5.82 Å². The van der Waals surface area contributed by atoms with E-state index in [0.717, 1.165) is 6.42 Å². The van der Waals surface area contributed by atoms with Gasteiger partial charge in [0.15, 0.2) is 0 Å². The van der Waals surface area contributed by atoms with Crippen molar-refractivity contribution in [1.29, 1.82) is 0 Å². The number of hydrogen-bond acceptors (Lipinski definition) is 8. The van der Waals surface area contributed by atoms with Gasteiger partial charge < -0.3 is 14.5 Å². The lowest BCUT2D eigenvalue weighted by Crippen LogP contribution is -2.27. The van der Waals surface area contributed by atoms with Crippen molar-refractivity contribution >= 4 is 19.6 Å². The summed E-state index contributed by atoms with van der Waals surface area (Å²) < 4.78 is 36.5. The second-order valence-corrected chi connectivity index (χ2v) is 10.1. The van der Waals surface area contributed by atoms with E-state index >= 15 is 4.39 Å². The molecule has 1 saturated heterocycles. The van der Waals surface area contributed by atoms with Crippen LogP contribution in [-0.4, -0.2) is 59.3 Å². The summed E-state index contributed by atoms with van der Waals surface area (Å²) in [6, 6.07) is 7.79. The van der Waals surface area contributed by atoms with Gasteiger partial charge >= 0.3 is 13.9 Å². The molecule has 1 aliphatic heterocycles. The fourth-order valence-electron chi connectivity index (χ4n) is 4.21. The predicted molar refractivity (Wildman–Crippen MR) is 124 cm³/mol. The minimum atomic E-state index is -4.65. The Bertz CT molecular complexity index is 1320. The summed E-state index contributed by atoms with van der Waals surface area (Å²) in [7, 11) is -4.65. The molecule has 1 aliphatic carbocycles. The number of rotatable bonds is 9.